The fourth-order valence-electron chi connectivity index (χ4n) is 1.73. The van der Waals surface area contributed by atoms with Crippen molar-refractivity contribution >= 4 is 5.91 Å². The molecule has 100 valence electrons. The summed E-state index contributed by atoms with van der Waals surface area (Å²) in [4.78, 5) is 11.8. The van der Waals surface area contributed by atoms with Crippen LogP contribution in [0.25, 0.3) is 0 Å². The fourth-order valence-corrected chi connectivity index (χ4v) is 1.73. The number of benzene rings is 1. The lowest BCUT2D eigenvalue weighted by atomic mass is 9.96. The Labute approximate surface area is 107 Å². The largest absolute Gasteiger partial charge is 0.396 e. The molecule has 0 aliphatic carbocycles. The molecule has 4 heteroatoms. The Bertz CT molecular complexity index is 418. The van der Waals surface area contributed by atoms with E-state index in [1.165, 1.54) is 6.07 Å². The molecule has 0 heterocycles. The second kappa shape index (κ2) is 6.50. The van der Waals surface area contributed by atoms with Crippen LogP contribution in [0.2, 0.25) is 0 Å². The molecule has 1 unspecified atom stereocenters. The van der Waals surface area contributed by atoms with Crippen molar-refractivity contribution in [2.45, 2.75) is 27.3 Å². The Kier molecular flexibility index (Phi) is 5.28. The number of carbonyl (C=O) groups is 1. The highest BCUT2D eigenvalue weighted by Gasteiger charge is 2.20. The fraction of sp³-hybridized carbons (Fsp3) is 0.500. The van der Waals surface area contributed by atoms with Gasteiger partial charge in [-0.3, -0.25) is 4.79 Å². The third kappa shape index (κ3) is 3.81. The number of halogens is 1. The van der Waals surface area contributed by atoms with Gasteiger partial charge in [0.2, 0.25) is 5.91 Å². The van der Waals surface area contributed by atoms with Crippen LogP contribution in [0.4, 0.5) is 4.39 Å². The summed E-state index contributed by atoms with van der Waals surface area (Å²) in [6.45, 7) is 5.66. The third-order valence-corrected chi connectivity index (χ3v) is 3.03. The molecule has 1 rings (SSSR count). The Morgan fingerprint density at radius 3 is 2.61 bits per heavy atom. The summed E-state index contributed by atoms with van der Waals surface area (Å²) in [6, 6.07) is 4.74. The van der Waals surface area contributed by atoms with Crippen molar-refractivity contribution in [3.8, 4) is 0 Å². The Morgan fingerprint density at radius 1 is 1.44 bits per heavy atom. The normalized spacial score (nSPS) is 12.6. The van der Waals surface area contributed by atoms with Crippen LogP contribution in [0.3, 0.4) is 0 Å². The number of aliphatic hydroxyl groups excluding tert-OH is 1. The predicted octanol–water partition coefficient (Wildman–Crippen LogP) is 2.01. The predicted molar refractivity (Wildman–Crippen MR) is 68.4 cm³/mol. The Morgan fingerprint density at radius 2 is 2.11 bits per heavy atom. The number of hydrogen-bond donors (Lipinski definition) is 2. The number of carbonyl (C=O) groups excluding carboxylic acids is 1. The number of aliphatic hydroxyl groups is 1. The van der Waals surface area contributed by atoms with E-state index in [-0.39, 0.29) is 24.2 Å². The summed E-state index contributed by atoms with van der Waals surface area (Å²) in [5, 5.41) is 11.9. The zero-order valence-electron chi connectivity index (χ0n) is 11.0. The highest BCUT2D eigenvalue weighted by molar-refractivity contribution is 5.78. The molecule has 1 atom stereocenters. The Hall–Kier alpha value is -1.42. The SMILES string of the molecule is Cc1cc(CNC(=O)C(CO)C(C)C)ccc1F. The van der Waals surface area contributed by atoms with Crippen LogP contribution >= 0.6 is 0 Å². The monoisotopic (exact) mass is 253 g/mol. The van der Waals surface area contributed by atoms with Crippen molar-refractivity contribution in [1.29, 1.82) is 0 Å². The van der Waals surface area contributed by atoms with Crippen LogP contribution in [0.1, 0.15) is 25.0 Å². The first kappa shape index (κ1) is 14.6. The Balaban J connectivity index is 2.59. The van der Waals surface area contributed by atoms with Crippen LogP contribution in [-0.4, -0.2) is 17.6 Å². The van der Waals surface area contributed by atoms with Gasteiger partial charge in [0.1, 0.15) is 5.82 Å². The third-order valence-electron chi connectivity index (χ3n) is 3.03. The maximum absolute atomic E-state index is 13.1. The minimum Gasteiger partial charge on any atom is -0.396 e. The molecular weight excluding hydrogens is 233 g/mol. The van der Waals surface area contributed by atoms with E-state index in [4.69, 9.17) is 5.11 Å². The van der Waals surface area contributed by atoms with Gasteiger partial charge in [0, 0.05) is 6.54 Å². The molecule has 3 nitrogen and oxygen atoms in total. The van der Waals surface area contributed by atoms with Gasteiger partial charge in [0.15, 0.2) is 0 Å². The van der Waals surface area contributed by atoms with Crippen molar-refractivity contribution in [3.63, 3.8) is 0 Å². The molecule has 0 spiro atoms. The van der Waals surface area contributed by atoms with Crippen LogP contribution < -0.4 is 5.32 Å². The van der Waals surface area contributed by atoms with Gasteiger partial charge < -0.3 is 10.4 Å². The highest BCUT2D eigenvalue weighted by Crippen LogP contribution is 2.12. The molecule has 0 aliphatic heterocycles. The number of aryl methyl sites for hydroxylation is 1. The summed E-state index contributed by atoms with van der Waals surface area (Å²) in [5.41, 5.74) is 1.41. The molecular formula is C14H20FNO2. The first-order valence-corrected chi connectivity index (χ1v) is 6.09. The summed E-state index contributed by atoms with van der Waals surface area (Å²) in [7, 11) is 0. The summed E-state index contributed by atoms with van der Waals surface area (Å²) >= 11 is 0. The van der Waals surface area contributed by atoms with E-state index >= 15 is 0 Å². The number of nitrogens with one attached hydrogen (secondary N) is 1. The number of hydrogen-bond acceptors (Lipinski definition) is 2. The smallest absolute Gasteiger partial charge is 0.225 e. The molecule has 0 radical (unpaired) electrons. The zero-order valence-corrected chi connectivity index (χ0v) is 11.0. The van der Waals surface area contributed by atoms with E-state index in [9.17, 15) is 9.18 Å². The minimum absolute atomic E-state index is 0.0879. The molecule has 0 aromatic heterocycles. The number of rotatable bonds is 5. The van der Waals surface area contributed by atoms with E-state index in [1.807, 2.05) is 13.8 Å². The van der Waals surface area contributed by atoms with Crippen LogP contribution in [0.15, 0.2) is 18.2 Å². The van der Waals surface area contributed by atoms with E-state index in [2.05, 4.69) is 5.32 Å². The van der Waals surface area contributed by atoms with Gasteiger partial charge in [-0.25, -0.2) is 4.39 Å². The van der Waals surface area contributed by atoms with E-state index in [1.54, 1.807) is 19.1 Å². The summed E-state index contributed by atoms with van der Waals surface area (Å²) in [6.07, 6.45) is 0. The highest BCUT2D eigenvalue weighted by atomic mass is 19.1. The first-order chi connectivity index (χ1) is 8.45. The van der Waals surface area contributed by atoms with Crippen LogP contribution in [0, 0.1) is 24.6 Å². The molecule has 1 aromatic rings. The van der Waals surface area contributed by atoms with Gasteiger partial charge in [-0.2, -0.15) is 0 Å². The lowest BCUT2D eigenvalue weighted by Gasteiger charge is -2.17. The van der Waals surface area contributed by atoms with Gasteiger partial charge in [0.25, 0.3) is 0 Å². The van der Waals surface area contributed by atoms with Crippen molar-refractivity contribution in [2.24, 2.45) is 11.8 Å². The van der Waals surface area contributed by atoms with Crippen molar-refractivity contribution in [1.82, 2.24) is 5.32 Å². The molecule has 1 aromatic carbocycles. The standard InChI is InChI=1S/C14H20FNO2/c1-9(2)12(8-17)14(18)16-7-11-4-5-13(15)10(3)6-11/h4-6,9,12,17H,7-8H2,1-3H3,(H,16,18). The van der Waals surface area contributed by atoms with Gasteiger partial charge in [0.05, 0.1) is 12.5 Å². The second-order valence-electron chi connectivity index (χ2n) is 4.83. The van der Waals surface area contributed by atoms with Gasteiger partial charge in [-0.15, -0.1) is 0 Å². The molecule has 0 bridgehead atoms. The lowest BCUT2D eigenvalue weighted by molar-refractivity contribution is -0.127. The van der Waals surface area contributed by atoms with E-state index in [0.717, 1.165) is 5.56 Å². The molecule has 0 saturated heterocycles. The molecule has 1 amide bonds. The minimum atomic E-state index is -0.397. The first-order valence-electron chi connectivity index (χ1n) is 6.09. The average molecular weight is 253 g/mol. The average Bonchev–Trinajstić information content (AvgIpc) is 2.31. The van der Waals surface area contributed by atoms with Crippen LogP contribution in [0.5, 0.6) is 0 Å². The maximum atomic E-state index is 13.1. The van der Waals surface area contributed by atoms with Crippen molar-refractivity contribution in [3.05, 3.63) is 35.1 Å². The molecule has 18 heavy (non-hydrogen) atoms. The van der Waals surface area contributed by atoms with Crippen LogP contribution in [-0.2, 0) is 11.3 Å². The molecule has 0 fully saturated rings. The lowest BCUT2D eigenvalue weighted by Crippen LogP contribution is -2.35. The topological polar surface area (TPSA) is 49.3 Å². The maximum Gasteiger partial charge on any atom is 0.225 e. The van der Waals surface area contributed by atoms with Crippen molar-refractivity contribution in [2.75, 3.05) is 6.61 Å². The molecule has 2 N–H and O–H groups in total. The zero-order chi connectivity index (χ0) is 13.7. The second-order valence-corrected chi connectivity index (χ2v) is 4.83. The molecule has 0 aliphatic rings. The summed E-state index contributed by atoms with van der Waals surface area (Å²) in [5.74, 6) is -0.730. The van der Waals surface area contributed by atoms with Crippen molar-refractivity contribution < 1.29 is 14.3 Å². The molecule has 0 saturated carbocycles. The quantitative estimate of drug-likeness (QED) is 0.843. The van der Waals surface area contributed by atoms with Gasteiger partial charge in [-0.1, -0.05) is 26.0 Å². The van der Waals surface area contributed by atoms with Gasteiger partial charge in [-0.05, 0) is 30.0 Å². The summed E-state index contributed by atoms with van der Waals surface area (Å²) < 4.78 is 13.1. The van der Waals surface area contributed by atoms with E-state index < -0.39 is 5.92 Å². The van der Waals surface area contributed by atoms with E-state index in [0.29, 0.717) is 12.1 Å². The number of amides is 1. The van der Waals surface area contributed by atoms with Gasteiger partial charge >= 0.3 is 0 Å².